The van der Waals surface area contributed by atoms with Gasteiger partial charge in [-0.2, -0.15) is 5.10 Å². The molecule has 134 valence electrons. The molecule has 0 bridgehead atoms. The van der Waals surface area contributed by atoms with Crippen LogP contribution >= 0.6 is 0 Å². The Balaban J connectivity index is 1.38. The predicted molar refractivity (Wildman–Crippen MR) is 94.1 cm³/mol. The monoisotopic (exact) mass is 344 g/mol. The lowest BCUT2D eigenvalue weighted by molar-refractivity contribution is 0.0757. The third kappa shape index (κ3) is 4.73. The van der Waals surface area contributed by atoms with Gasteiger partial charge in [0, 0.05) is 45.1 Å². The van der Waals surface area contributed by atoms with E-state index >= 15 is 0 Å². The number of amides is 1. The van der Waals surface area contributed by atoms with Crippen molar-refractivity contribution in [1.82, 2.24) is 19.6 Å². The van der Waals surface area contributed by atoms with E-state index in [0.29, 0.717) is 26.3 Å². The number of hydrogen-bond acceptors (Lipinski definition) is 5. The van der Waals surface area contributed by atoms with Crippen LogP contribution in [0.3, 0.4) is 0 Å². The highest BCUT2D eigenvalue weighted by molar-refractivity contribution is 5.67. The predicted octanol–water partition coefficient (Wildman–Crippen LogP) is 2.03. The highest BCUT2D eigenvalue weighted by Crippen LogP contribution is 2.14. The SMILES string of the molecule is CCOC(=O)N1CCN(CCOc2ccc(-n3cccn3)cc2)CC1. The molecular formula is C18H24N4O3. The highest BCUT2D eigenvalue weighted by atomic mass is 16.6. The van der Waals surface area contributed by atoms with Crippen molar-refractivity contribution in [2.75, 3.05) is 45.9 Å². The van der Waals surface area contributed by atoms with Crippen LogP contribution in [0, 0.1) is 0 Å². The quantitative estimate of drug-likeness (QED) is 0.802. The topological polar surface area (TPSA) is 59.8 Å². The molecule has 0 unspecified atom stereocenters. The first-order valence-corrected chi connectivity index (χ1v) is 8.63. The van der Waals surface area contributed by atoms with Crippen molar-refractivity contribution in [3.8, 4) is 11.4 Å². The van der Waals surface area contributed by atoms with E-state index in [1.54, 1.807) is 11.1 Å². The Morgan fingerprint density at radius 1 is 1.16 bits per heavy atom. The van der Waals surface area contributed by atoms with Crippen molar-refractivity contribution in [2.24, 2.45) is 0 Å². The lowest BCUT2D eigenvalue weighted by Gasteiger charge is -2.33. The molecule has 3 rings (SSSR count). The largest absolute Gasteiger partial charge is 0.492 e. The van der Waals surface area contributed by atoms with E-state index < -0.39 is 0 Å². The molecule has 0 saturated carbocycles. The van der Waals surface area contributed by atoms with Gasteiger partial charge >= 0.3 is 6.09 Å². The standard InChI is InChI=1S/C18H24N4O3/c1-2-24-18(23)21-12-10-20(11-13-21)14-15-25-17-6-4-16(5-7-17)22-9-3-8-19-22/h3-9H,2,10-15H2,1H3. The number of nitrogens with zero attached hydrogens (tertiary/aromatic N) is 4. The van der Waals surface area contributed by atoms with Crippen molar-refractivity contribution in [1.29, 1.82) is 0 Å². The lowest BCUT2D eigenvalue weighted by Crippen LogP contribution is -2.49. The van der Waals surface area contributed by atoms with E-state index in [4.69, 9.17) is 9.47 Å². The zero-order valence-corrected chi connectivity index (χ0v) is 14.5. The summed E-state index contributed by atoms with van der Waals surface area (Å²) in [7, 11) is 0. The minimum absolute atomic E-state index is 0.212. The Hall–Kier alpha value is -2.54. The van der Waals surface area contributed by atoms with Crippen molar-refractivity contribution in [3.05, 3.63) is 42.7 Å². The molecule has 0 radical (unpaired) electrons. The molecule has 1 aromatic carbocycles. The zero-order valence-electron chi connectivity index (χ0n) is 14.5. The molecule has 25 heavy (non-hydrogen) atoms. The molecule has 7 nitrogen and oxygen atoms in total. The summed E-state index contributed by atoms with van der Waals surface area (Å²) in [5.41, 5.74) is 1.01. The van der Waals surface area contributed by atoms with E-state index in [2.05, 4.69) is 10.00 Å². The molecule has 1 aliphatic rings. The Morgan fingerprint density at radius 2 is 1.92 bits per heavy atom. The third-order valence-corrected chi connectivity index (χ3v) is 4.18. The molecule has 1 fully saturated rings. The summed E-state index contributed by atoms with van der Waals surface area (Å²) in [5.74, 6) is 0.848. The normalized spacial score (nSPS) is 15.2. The Kier molecular flexibility index (Phi) is 5.90. The van der Waals surface area contributed by atoms with Gasteiger partial charge in [-0.15, -0.1) is 0 Å². The van der Waals surface area contributed by atoms with Crippen molar-refractivity contribution in [3.63, 3.8) is 0 Å². The second-order valence-corrected chi connectivity index (χ2v) is 5.82. The van der Waals surface area contributed by atoms with Gasteiger partial charge in [0.05, 0.1) is 12.3 Å². The summed E-state index contributed by atoms with van der Waals surface area (Å²) < 4.78 is 12.7. The maximum absolute atomic E-state index is 11.7. The minimum atomic E-state index is -0.212. The molecule has 1 aliphatic heterocycles. The zero-order chi connectivity index (χ0) is 17.5. The average molecular weight is 344 g/mol. The van der Waals surface area contributed by atoms with Crippen LogP contribution in [0.15, 0.2) is 42.7 Å². The fourth-order valence-corrected chi connectivity index (χ4v) is 2.78. The van der Waals surface area contributed by atoms with E-state index in [1.807, 2.05) is 48.1 Å². The maximum Gasteiger partial charge on any atom is 0.409 e. The fraction of sp³-hybridized carbons (Fsp3) is 0.444. The molecule has 0 N–H and O–H groups in total. The van der Waals surface area contributed by atoms with E-state index in [9.17, 15) is 4.79 Å². The van der Waals surface area contributed by atoms with Crippen LogP contribution in [0.1, 0.15) is 6.92 Å². The van der Waals surface area contributed by atoms with E-state index in [-0.39, 0.29) is 6.09 Å². The Labute approximate surface area is 147 Å². The fourth-order valence-electron chi connectivity index (χ4n) is 2.78. The highest BCUT2D eigenvalue weighted by Gasteiger charge is 2.21. The first kappa shape index (κ1) is 17.3. The van der Waals surface area contributed by atoms with Gasteiger partial charge in [0.2, 0.25) is 0 Å². The first-order valence-electron chi connectivity index (χ1n) is 8.63. The van der Waals surface area contributed by atoms with Gasteiger partial charge in [-0.25, -0.2) is 9.48 Å². The molecule has 0 aliphatic carbocycles. The molecule has 2 aromatic rings. The molecule has 0 atom stereocenters. The first-order chi connectivity index (χ1) is 12.3. The molecule has 7 heteroatoms. The second-order valence-electron chi connectivity index (χ2n) is 5.82. The molecular weight excluding hydrogens is 320 g/mol. The van der Waals surface area contributed by atoms with Crippen molar-refractivity contribution >= 4 is 6.09 Å². The van der Waals surface area contributed by atoms with Gasteiger partial charge in [0.15, 0.2) is 0 Å². The lowest BCUT2D eigenvalue weighted by atomic mass is 10.3. The van der Waals surface area contributed by atoms with Crippen LogP contribution in [0.4, 0.5) is 4.79 Å². The van der Waals surface area contributed by atoms with Gasteiger partial charge < -0.3 is 14.4 Å². The van der Waals surface area contributed by atoms with Gasteiger partial charge in [-0.05, 0) is 37.3 Å². The van der Waals surface area contributed by atoms with Crippen LogP contribution < -0.4 is 4.74 Å². The van der Waals surface area contributed by atoms with Gasteiger partial charge in [-0.3, -0.25) is 4.90 Å². The summed E-state index contributed by atoms with van der Waals surface area (Å²) in [6, 6.07) is 9.78. The van der Waals surface area contributed by atoms with Gasteiger partial charge in [-0.1, -0.05) is 0 Å². The average Bonchev–Trinajstić information content (AvgIpc) is 3.18. The van der Waals surface area contributed by atoms with E-state index in [0.717, 1.165) is 31.1 Å². The molecule has 0 spiro atoms. The minimum Gasteiger partial charge on any atom is -0.492 e. The molecule has 1 amide bonds. The van der Waals surface area contributed by atoms with Gasteiger partial charge in [0.1, 0.15) is 12.4 Å². The number of rotatable bonds is 6. The molecule has 2 heterocycles. The third-order valence-electron chi connectivity index (χ3n) is 4.18. The number of carbonyl (C=O) groups excluding carboxylic acids is 1. The summed E-state index contributed by atoms with van der Waals surface area (Å²) in [4.78, 5) is 15.7. The van der Waals surface area contributed by atoms with Crippen molar-refractivity contribution < 1.29 is 14.3 Å². The number of carbonyl (C=O) groups is 1. The Morgan fingerprint density at radius 3 is 2.56 bits per heavy atom. The van der Waals surface area contributed by atoms with Crippen LogP contribution in [0.2, 0.25) is 0 Å². The van der Waals surface area contributed by atoms with E-state index in [1.165, 1.54) is 0 Å². The Bertz CT molecular complexity index is 649. The van der Waals surface area contributed by atoms with Gasteiger partial charge in [0.25, 0.3) is 0 Å². The molecule has 1 saturated heterocycles. The summed E-state index contributed by atoms with van der Waals surface area (Å²) in [6.45, 7) is 6.83. The number of aromatic nitrogens is 2. The van der Waals surface area contributed by atoms with Crippen LogP contribution in [-0.4, -0.2) is 71.6 Å². The van der Waals surface area contributed by atoms with Crippen LogP contribution in [0.25, 0.3) is 5.69 Å². The van der Waals surface area contributed by atoms with Crippen molar-refractivity contribution in [2.45, 2.75) is 6.92 Å². The molecule has 1 aromatic heterocycles. The summed E-state index contributed by atoms with van der Waals surface area (Å²) in [6.07, 6.45) is 3.45. The maximum atomic E-state index is 11.7. The number of benzene rings is 1. The number of piperazine rings is 1. The smallest absolute Gasteiger partial charge is 0.409 e. The summed E-state index contributed by atoms with van der Waals surface area (Å²) >= 11 is 0. The second kappa shape index (κ2) is 8.53. The van der Waals surface area contributed by atoms with Crippen LogP contribution in [-0.2, 0) is 4.74 Å². The summed E-state index contributed by atoms with van der Waals surface area (Å²) in [5, 5.41) is 4.20. The van der Waals surface area contributed by atoms with Crippen LogP contribution in [0.5, 0.6) is 5.75 Å². The number of ether oxygens (including phenoxy) is 2. The number of hydrogen-bond donors (Lipinski definition) is 0.